The molecule has 9 heteroatoms. The van der Waals surface area contributed by atoms with Gasteiger partial charge in [0.15, 0.2) is 0 Å². The SMILES string of the molecule is O=C(Cc1ccccc1)Nc1cncc(-c2ccc3[nH]nc(-c4cc5c(-c6ccccn6)cncc5[nH]4)c3n2)c1. The molecule has 9 nitrogen and oxygen atoms in total. The van der Waals surface area contributed by atoms with Crippen molar-refractivity contribution in [3.05, 3.63) is 109 Å². The Hall–Kier alpha value is -5.70. The molecule has 0 unspecified atom stereocenters. The van der Waals surface area contributed by atoms with Crippen molar-refractivity contribution in [3.8, 4) is 33.9 Å². The third-order valence-corrected chi connectivity index (χ3v) is 6.67. The lowest BCUT2D eigenvalue weighted by molar-refractivity contribution is -0.115. The van der Waals surface area contributed by atoms with Gasteiger partial charge in [-0.05, 0) is 42.0 Å². The Balaban J connectivity index is 1.21. The normalized spacial score (nSPS) is 11.2. The summed E-state index contributed by atoms with van der Waals surface area (Å²) in [5.74, 6) is -0.107. The summed E-state index contributed by atoms with van der Waals surface area (Å²) in [5.41, 5.74) is 8.76. The van der Waals surface area contributed by atoms with Crippen LogP contribution in [0.25, 0.3) is 55.8 Å². The quantitative estimate of drug-likeness (QED) is 0.253. The van der Waals surface area contributed by atoms with Crippen LogP contribution < -0.4 is 5.32 Å². The molecule has 0 fully saturated rings. The number of aromatic nitrogens is 7. The molecule has 7 rings (SSSR count). The minimum Gasteiger partial charge on any atom is -0.352 e. The fourth-order valence-corrected chi connectivity index (χ4v) is 4.79. The van der Waals surface area contributed by atoms with Crippen molar-refractivity contribution in [1.82, 2.24) is 35.1 Å². The first kappa shape index (κ1) is 23.4. The van der Waals surface area contributed by atoms with Gasteiger partial charge in [0.05, 0.1) is 52.6 Å². The van der Waals surface area contributed by atoms with Crippen molar-refractivity contribution in [2.45, 2.75) is 6.42 Å². The average molecular weight is 523 g/mol. The number of aromatic amines is 2. The Labute approximate surface area is 228 Å². The second kappa shape index (κ2) is 9.88. The molecule has 0 saturated heterocycles. The molecule has 6 aromatic heterocycles. The van der Waals surface area contributed by atoms with E-state index < -0.39 is 0 Å². The van der Waals surface area contributed by atoms with Gasteiger partial charge in [-0.1, -0.05) is 36.4 Å². The number of pyridine rings is 4. The van der Waals surface area contributed by atoms with Gasteiger partial charge in [-0.25, -0.2) is 4.98 Å². The Kier molecular flexibility index (Phi) is 5.78. The summed E-state index contributed by atoms with van der Waals surface area (Å²) in [7, 11) is 0. The van der Waals surface area contributed by atoms with Gasteiger partial charge in [0.1, 0.15) is 11.2 Å². The number of carbonyl (C=O) groups is 1. The number of nitrogens with one attached hydrogen (secondary N) is 3. The summed E-state index contributed by atoms with van der Waals surface area (Å²) in [4.78, 5) is 34.2. The van der Waals surface area contributed by atoms with E-state index in [1.165, 1.54) is 0 Å². The van der Waals surface area contributed by atoms with E-state index in [0.29, 0.717) is 17.1 Å². The molecule has 192 valence electrons. The fraction of sp³-hybridized carbons (Fsp3) is 0.0323. The van der Waals surface area contributed by atoms with Gasteiger partial charge in [-0.2, -0.15) is 5.10 Å². The summed E-state index contributed by atoms with van der Waals surface area (Å²) in [5, 5.41) is 11.6. The van der Waals surface area contributed by atoms with Gasteiger partial charge in [-0.15, -0.1) is 0 Å². The maximum absolute atomic E-state index is 12.6. The molecule has 0 bridgehead atoms. The second-order valence-corrected chi connectivity index (χ2v) is 9.38. The Bertz CT molecular complexity index is 1980. The molecular formula is C31H22N8O. The maximum atomic E-state index is 12.6. The van der Waals surface area contributed by atoms with Gasteiger partial charge in [-0.3, -0.25) is 24.8 Å². The number of rotatable bonds is 6. The van der Waals surface area contributed by atoms with Crippen molar-refractivity contribution in [2.75, 3.05) is 5.32 Å². The van der Waals surface area contributed by atoms with E-state index in [-0.39, 0.29) is 12.3 Å². The molecule has 0 radical (unpaired) electrons. The Morgan fingerprint density at radius 3 is 2.58 bits per heavy atom. The lowest BCUT2D eigenvalue weighted by atomic mass is 10.1. The summed E-state index contributed by atoms with van der Waals surface area (Å²) in [6, 6.07) is 23.2. The number of hydrogen-bond donors (Lipinski definition) is 3. The van der Waals surface area contributed by atoms with Gasteiger partial charge in [0.2, 0.25) is 5.91 Å². The number of carbonyl (C=O) groups excluding carboxylic acids is 1. The molecular weight excluding hydrogens is 500 g/mol. The number of H-pyrrole nitrogens is 2. The van der Waals surface area contributed by atoms with E-state index in [1.807, 2.05) is 72.9 Å². The van der Waals surface area contributed by atoms with Crippen molar-refractivity contribution >= 4 is 33.5 Å². The zero-order valence-electron chi connectivity index (χ0n) is 21.2. The predicted molar refractivity (Wildman–Crippen MR) is 154 cm³/mol. The lowest BCUT2D eigenvalue weighted by Crippen LogP contribution is -2.14. The summed E-state index contributed by atoms with van der Waals surface area (Å²) in [6.07, 6.45) is 9.03. The van der Waals surface area contributed by atoms with Crippen molar-refractivity contribution in [2.24, 2.45) is 0 Å². The highest BCUT2D eigenvalue weighted by atomic mass is 16.1. The summed E-state index contributed by atoms with van der Waals surface area (Å²) < 4.78 is 0. The van der Waals surface area contributed by atoms with Crippen LogP contribution in [0.2, 0.25) is 0 Å². The number of nitrogens with zero attached hydrogens (tertiary/aromatic N) is 5. The highest BCUT2D eigenvalue weighted by Gasteiger charge is 2.16. The first-order valence-electron chi connectivity index (χ1n) is 12.7. The third-order valence-electron chi connectivity index (χ3n) is 6.67. The molecule has 0 saturated carbocycles. The van der Waals surface area contributed by atoms with Crippen LogP contribution in [0.5, 0.6) is 0 Å². The molecule has 3 N–H and O–H groups in total. The van der Waals surface area contributed by atoms with Crippen LogP contribution in [-0.2, 0) is 11.2 Å². The van der Waals surface area contributed by atoms with E-state index >= 15 is 0 Å². The number of benzene rings is 1. The highest BCUT2D eigenvalue weighted by molar-refractivity contribution is 5.99. The highest BCUT2D eigenvalue weighted by Crippen LogP contribution is 2.33. The molecule has 40 heavy (non-hydrogen) atoms. The van der Waals surface area contributed by atoms with Gasteiger partial charge < -0.3 is 10.3 Å². The third kappa shape index (κ3) is 4.45. The zero-order valence-corrected chi connectivity index (χ0v) is 21.2. The van der Waals surface area contributed by atoms with Crippen LogP contribution in [0.3, 0.4) is 0 Å². The predicted octanol–water partition coefficient (Wildman–Crippen LogP) is 5.81. The molecule has 0 atom stereocenters. The minimum absolute atomic E-state index is 0.107. The topological polar surface area (TPSA) is 125 Å². The second-order valence-electron chi connectivity index (χ2n) is 9.38. The molecule has 1 amide bonds. The smallest absolute Gasteiger partial charge is 0.228 e. The zero-order chi connectivity index (χ0) is 26.9. The van der Waals surface area contributed by atoms with E-state index in [9.17, 15) is 4.79 Å². The molecule has 6 heterocycles. The van der Waals surface area contributed by atoms with Crippen molar-refractivity contribution in [3.63, 3.8) is 0 Å². The largest absolute Gasteiger partial charge is 0.352 e. The van der Waals surface area contributed by atoms with Crippen LogP contribution in [0.15, 0.2) is 104 Å². The van der Waals surface area contributed by atoms with Gasteiger partial charge in [0.25, 0.3) is 0 Å². The van der Waals surface area contributed by atoms with Gasteiger partial charge >= 0.3 is 0 Å². The van der Waals surface area contributed by atoms with E-state index in [4.69, 9.17) is 4.98 Å². The molecule has 1 aromatic carbocycles. The van der Waals surface area contributed by atoms with Crippen LogP contribution in [0, 0.1) is 0 Å². The van der Waals surface area contributed by atoms with E-state index in [0.717, 1.165) is 50.0 Å². The van der Waals surface area contributed by atoms with Crippen LogP contribution in [0.1, 0.15) is 5.56 Å². The standard InChI is InChI=1S/C31H22N8O/c40-29(12-19-6-2-1-3-7-19)35-21-13-20(15-32-16-21)24-9-10-26-30(37-24)31(39-38-26)27-14-22-23(17-33-18-28(22)36-27)25-8-4-5-11-34-25/h1-11,13-18,36H,12H2,(H,35,40)(H,38,39). The monoisotopic (exact) mass is 522 g/mol. The Morgan fingerprint density at radius 2 is 1.70 bits per heavy atom. The molecule has 0 aliphatic rings. The van der Waals surface area contributed by atoms with Crippen molar-refractivity contribution < 1.29 is 4.79 Å². The van der Waals surface area contributed by atoms with E-state index in [1.54, 1.807) is 24.8 Å². The molecule has 0 aliphatic heterocycles. The first-order valence-corrected chi connectivity index (χ1v) is 12.7. The lowest BCUT2D eigenvalue weighted by Gasteiger charge is -2.07. The van der Waals surface area contributed by atoms with Crippen LogP contribution in [0.4, 0.5) is 5.69 Å². The van der Waals surface area contributed by atoms with Crippen LogP contribution >= 0.6 is 0 Å². The number of amides is 1. The summed E-state index contributed by atoms with van der Waals surface area (Å²) >= 11 is 0. The van der Waals surface area contributed by atoms with Crippen LogP contribution in [-0.4, -0.2) is 41.0 Å². The molecule has 0 aliphatic carbocycles. The summed E-state index contributed by atoms with van der Waals surface area (Å²) in [6.45, 7) is 0. The van der Waals surface area contributed by atoms with E-state index in [2.05, 4.69) is 41.5 Å². The minimum atomic E-state index is -0.107. The molecule has 0 spiro atoms. The maximum Gasteiger partial charge on any atom is 0.228 e. The number of hydrogen-bond acceptors (Lipinski definition) is 6. The Morgan fingerprint density at radius 1 is 0.825 bits per heavy atom. The molecule has 7 aromatic rings. The first-order chi connectivity index (χ1) is 19.7. The van der Waals surface area contributed by atoms with Crippen molar-refractivity contribution in [1.29, 1.82) is 0 Å². The number of fused-ring (bicyclic) bond motifs is 2. The number of anilines is 1. The average Bonchev–Trinajstić information content (AvgIpc) is 3.62. The van der Waals surface area contributed by atoms with Gasteiger partial charge in [0, 0.05) is 35.1 Å². The fourth-order valence-electron chi connectivity index (χ4n) is 4.79.